The van der Waals surface area contributed by atoms with Crippen molar-refractivity contribution in [2.45, 2.75) is 36.6 Å². The normalized spacial score (nSPS) is 14.0. The summed E-state index contributed by atoms with van der Waals surface area (Å²) in [5.41, 5.74) is 2.15. The van der Waals surface area contributed by atoms with Gasteiger partial charge in [-0.1, -0.05) is 36.4 Å². The maximum atomic E-state index is 14.7. The van der Waals surface area contributed by atoms with Gasteiger partial charge in [0.05, 0.1) is 51.6 Å². The lowest BCUT2D eigenvalue weighted by Gasteiger charge is -2.24. The summed E-state index contributed by atoms with van der Waals surface area (Å²) in [6.45, 7) is 5.11. The lowest BCUT2D eigenvalue weighted by Crippen LogP contribution is -2.31. The van der Waals surface area contributed by atoms with Crippen molar-refractivity contribution in [1.29, 1.82) is 0 Å². The van der Waals surface area contributed by atoms with Crippen LogP contribution in [0.4, 0.5) is 10.1 Å². The standard InChI is InChI=1S/C33H31FN2O5S/c1-3-40-28-15-13-22(19-29(28)41-4-2)17-18-35-32(37)23-14-16-31-27(20-23)36(21-24-9-5-7-11-26(24)34)33(38)25-10-6-8-12-30(25)42(31)39/h5-16,19-20H,3-4,17-18,21H2,1-2H3,(H,35,37)/t42-/m1/s1. The molecule has 0 saturated heterocycles. The molecule has 1 N–H and O–H groups in total. The summed E-state index contributed by atoms with van der Waals surface area (Å²) in [6, 6.07) is 23.3. The molecular weight excluding hydrogens is 555 g/mol. The summed E-state index contributed by atoms with van der Waals surface area (Å²) in [7, 11) is -1.68. The monoisotopic (exact) mass is 586 g/mol. The Morgan fingerprint density at radius 2 is 1.62 bits per heavy atom. The van der Waals surface area contributed by atoms with Gasteiger partial charge >= 0.3 is 0 Å². The maximum absolute atomic E-state index is 14.7. The van der Waals surface area contributed by atoms with Crippen molar-refractivity contribution in [3.05, 3.63) is 113 Å². The van der Waals surface area contributed by atoms with Gasteiger partial charge in [0, 0.05) is 17.7 Å². The molecule has 4 aromatic rings. The molecule has 2 amide bonds. The highest BCUT2D eigenvalue weighted by molar-refractivity contribution is 7.85. The number of carbonyl (C=O) groups excluding carboxylic acids is 2. The highest BCUT2D eigenvalue weighted by atomic mass is 32.2. The Bertz CT molecular complexity index is 1660. The van der Waals surface area contributed by atoms with Crippen LogP contribution in [0.3, 0.4) is 0 Å². The molecule has 0 bridgehead atoms. The van der Waals surface area contributed by atoms with E-state index in [-0.39, 0.29) is 18.0 Å². The van der Waals surface area contributed by atoms with Crippen LogP contribution in [0.1, 0.15) is 45.7 Å². The Morgan fingerprint density at radius 1 is 0.881 bits per heavy atom. The van der Waals surface area contributed by atoms with E-state index in [1.54, 1.807) is 60.7 Å². The van der Waals surface area contributed by atoms with Crippen molar-refractivity contribution in [2.24, 2.45) is 0 Å². The number of rotatable bonds is 10. The quantitative estimate of drug-likeness (QED) is 0.249. The number of hydrogen-bond acceptors (Lipinski definition) is 5. The molecular formula is C33H31FN2O5S. The van der Waals surface area contributed by atoms with E-state index in [4.69, 9.17) is 9.47 Å². The second-order valence-electron chi connectivity index (χ2n) is 9.58. The largest absolute Gasteiger partial charge is 0.490 e. The van der Waals surface area contributed by atoms with Crippen LogP contribution in [-0.4, -0.2) is 35.8 Å². The first-order valence-corrected chi connectivity index (χ1v) is 14.9. The number of carbonyl (C=O) groups is 2. The number of nitrogens with one attached hydrogen (secondary N) is 1. The van der Waals surface area contributed by atoms with E-state index in [2.05, 4.69) is 5.32 Å². The molecule has 0 aromatic heterocycles. The summed E-state index contributed by atoms with van der Waals surface area (Å²) in [6.07, 6.45) is 0.556. The van der Waals surface area contributed by atoms with Gasteiger partial charge in [-0.25, -0.2) is 8.60 Å². The van der Waals surface area contributed by atoms with Gasteiger partial charge in [0.15, 0.2) is 11.5 Å². The van der Waals surface area contributed by atoms with Gasteiger partial charge in [0.2, 0.25) is 0 Å². The molecule has 0 unspecified atom stereocenters. The predicted molar refractivity (Wildman–Crippen MR) is 159 cm³/mol. The number of ether oxygens (including phenoxy) is 2. The first-order chi connectivity index (χ1) is 20.4. The number of anilines is 1. The molecule has 0 aliphatic carbocycles. The van der Waals surface area contributed by atoms with Crippen molar-refractivity contribution >= 4 is 28.3 Å². The zero-order chi connectivity index (χ0) is 29.6. The molecule has 216 valence electrons. The zero-order valence-electron chi connectivity index (χ0n) is 23.4. The molecule has 0 spiro atoms. The lowest BCUT2D eigenvalue weighted by atomic mass is 10.1. The third-order valence-electron chi connectivity index (χ3n) is 6.87. The van der Waals surface area contributed by atoms with Crippen LogP contribution in [-0.2, 0) is 23.8 Å². The fraction of sp³-hybridized carbons (Fsp3) is 0.212. The predicted octanol–water partition coefficient (Wildman–Crippen LogP) is 5.92. The maximum Gasteiger partial charge on any atom is 0.259 e. The summed E-state index contributed by atoms with van der Waals surface area (Å²) in [5, 5.41) is 2.92. The minimum Gasteiger partial charge on any atom is -0.490 e. The number of amides is 2. The Labute approximate surface area is 246 Å². The van der Waals surface area contributed by atoms with E-state index < -0.39 is 22.5 Å². The average Bonchev–Trinajstić information content (AvgIpc) is 3.08. The molecule has 1 heterocycles. The van der Waals surface area contributed by atoms with Crippen molar-refractivity contribution in [3.63, 3.8) is 0 Å². The van der Waals surface area contributed by atoms with Gasteiger partial charge in [-0.3, -0.25) is 9.59 Å². The molecule has 7 nitrogen and oxygen atoms in total. The van der Waals surface area contributed by atoms with Crippen molar-refractivity contribution < 1.29 is 27.7 Å². The summed E-state index contributed by atoms with van der Waals surface area (Å²) >= 11 is 0. The number of nitrogens with zero attached hydrogens (tertiary/aromatic N) is 1. The van der Waals surface area contributed by atoms with Crippen LogP contribution in [0.25, 0.3) is 0 Å². The minimum absolute atomic E-state index is 0.0883. The molecule has 42 heavy (non-hydrogen) atoms. The topological polar surface area (TPSA) is 84.9 Å². The number of fused-ring (bicyclic) bond motifs is 2. The molecule has 1 aliphatic heterocycles. The average molecular weight is 587 g/mol. The molecule has 4 aromatic carbocycles. The van der Waals surface area contributed by atoms with Gasteiger partial charge in [-0.2, -0.15) is 0 Å². The zero-order valence-corrected chi connectivity index (χ0v) is 24.2. The van der Waals surface area contributed by atoms with E-state index in [0.717, 1.165) is 5.56 Å². The molecule has 1 atom stereocenters. The molecule has 0 radical (unpaired) electrons. The summed E-state index contributed by atoms with van der Waals surface area (Å²) < 4.78 is 39.6. The van der Waals surface area contributed by atoms with Crippen LogP contribution in [0, 0.1) is 5.82 Å². The van der Waals surface area contributed by atoms with Crippen molar-refractivity contribution in [3.8, 4) is 11.5 Å². The van der Waals surface area contributed by atoms with Crippen molar-refractivity contribution in [2.75, 3.05) is 24.7 Å². The van der Waals surface area contributed by atoms with E-state index in [1.807, 2.05) is 32.0 Å². The van der Waals surface area contributed by atoms with Crippen LogP contribution < -0.4 is 19.7 Å². The highest BCUT2D eigenvalue weighted by Crippen LogP contribution is 2.36. The first kappa shape index (κ1) is 29.0. The van der Waals surface area contributed by atoms with Crippen LogP contribution in [0.5, 0.6) is 11.5 Å². The summed E-state index contributed by atoms with van der Waals surface area (Å²) in [4.78, 5) is 29.1. The van der Waals surface area contributed by atoms with Crippen LogP contribution in [0.2, 0.25) is 0 Å². The smallest absolute Gasteiger partial charge is 0.259 e. The van der Waals surface area contributed by atoms with Gasteiger partial charge in [0.1, 0.15) is 5.82 Å². The van der Waals surface area contributed by atoms with Gasteiger partial charge in [-0.15, -0.1) is 0 Å². The molecule has 0 fully saturated rings. The minimum atomic E-state index is -1.68. The first-order valence-electron chi connectivity index (χ1n) is 13.8. The van der Waals surface area contributed by atoms with Crippen LogP contribution >= 0.6 is 0 Å². The van der Waals surface area contributed by atoms with Crippen LogP contribution in [0.15, 0.2) is 94.7 Å². The van der Waals surface area contributed by atoms with Gasteiger partial charge in [0.25, 0.3) is 11.8 Å². The number of benzene rings is 4. The van der Waals surface area contributed by atoms with E-state index in [1.165, 1.54) is 11.0 Å². The SMILES string of the molecule is CCOc1ccc(CCNC(=O)c2ccc3c(c2)N(Cc2ccccc2F)C(=O)c2ccccc2[S@]3=O)cc1OCC. The fourth-order valence-corrected chi connectivity index (χ4v) is 6.18. The Balaban J connectivity index is 1.40. The number of hydrogen-bond donors (Lipinski definition) is 1. The third kappa shape index (κ3) is 6.06. The Morgan fingerprint density at radius 3 is 2.40 bits per heavy atom. The lowest BCUT2D eigenvalue weighted by molar-refractivity contribution is 0.0950. The van der Waals surface area contributed by atoms with E-state index in [0.29, 0.717) is 64.3 Å². The molecule has 0 saturated carbocycles. The second kappa shape index (κ2) is 13.0. The summed E-state index contributed by atoms with van der Waals surface area (Å²) in [5.74, 6) is 0.105. The Kier molecular flexibility index (Phi) is 8.97. The van der Waals surface area contributed by atoms with Gasteiger partial charge < -0.3 is 19.7 Å². The van der Waals surface area contributed by atoms with E-state index in [9.17, 15) is 18.2 Å². The van der Waals surface area contributed by atoms with Crippen molar-refractivity contribution in [1.82, 2.24) is 5.32 Å². The third-order valence-corrected chi connectivity index (χ3v) is 8.37. The Hall–Kier alpha value is -4.50. The molecule has 5 rings (SSSR count). The highest BCUT2D eigenvalue weighted by Gasteiger charge is 2.32. The number of halogens is 1. The van der Waals surface area contributed by atoms with Gasteiger partial charge in [-0.05, 0) is 74.4 Å². The fourth-order valence-electron chi connectivity index (χ4n) is 4.83. The molecule has 1 aliphatic rings. The molecule has 9 heteroatoms. The second-order valence-corrected chi connectivity index (χ2v) is 11.0. The van der Waals surface area contributed by atoms with E-state index >= 15 is 0 Å².